The Labute approximate surface area is 109 Å². The number of hydrogen-bond acceptors (Lipinski definition) is 2. The second kappa shape index (κ2) is 5.74. The summed E-state index contributed by atoms with van der Waals surface area (Å²) in [7, 11) is 0. The Kier molecular flexibility index (Phi) is 4.05. The second-order valence-corrected chi connectivity index (χ2v) is 4.34. The van der Waals surface area contributed by atoms with Crippen LogP contribution < -0.4 is 0 Å². The molecule has 0 aliphatic carbocycles. The number of nitrogens with zero attached hydrogens (tertiary/aromatic N) is 1. The van der Waals surface area contributed by atoms with Gasteiger partial charge in [-0.05, 0) is 42.3 Å². The molecule has 2 nitrogen and oxygen atoms in total. The monoisotopic (exact) mass is 263 g/mol. The minimum Gasteiger partial charge on any atom is -0.294 e. The summed E-state index contributed by atoms with van der Waals surface area (Å²) in [6.07, 6.45) is 4.18. The number of carbonyl (C=O) groups excluding carboxylic acids is 1. The van der Waals surface area contributed by atoms with Crippen LogP contribution in [0.1, 0.15) is 22.3 Å². The number of hydrogen-bond donors (Lipinski definition) is 0. The molecule has 2 aromatic rings. The number of halogens is 2. The lowest BCUT2D eigenvalue weighted by Gasteiger charge is -2.03. The fraction of sp³-hybridized carbons (Fsp3) is 0.143. The molecular weight excluding hydrogens is 253 g/mol. The maximum Gasteiger partial charge on any atom is 0.166 e. The van der Waals surface area contributed by atoms with Crippen LogP contribution in [0.3, 0.4) is 0 Å². The molecule has 0 bridgehead atoms. The molecule has 1 aromatic carbocycles. The number of ketones is 1. The second-order valence-electron chi connectivity index (χ2n) is 3.90. The van der Waals surface area contributed by atoms with Gasteiger partial charge in [0.2, 0.25) is 0 Å². The minimum absolute atomic E-state index is 0.0912. The van der Waals surface area contributed by atoms with Crippen LogP contribution in [-0.4, -0.2) is 10.8 Å². The number of aryl methyl sites for hydroxylation is 1. The molecule has 0 unspecified atom stereocenters. The molecule has 18 heavy (non-hydrogen) atoms. The number of Topliss-reactive ketones (excluding diaryl/α,β-unsaturated/α-hetero) is 1. The molecule has 0 N–H and O–H groups in total. The van der Waals surface area contributed by atoms with Gasteiger partial charge in [-0.15, -0.1) is 0 Å². The lowest BCUT2D eigenvalue weighted by Crippen LogP contribution is -2.04. The molecule has 0 spiro atoms. The Morgan fingerprint density at radius 1 is 1.22 bits per heavy atom. The summed E-state index contributed by atoms with van der Waals surface area (Å²) >= 11 is 5.64. The van der Waals surface area contributed by atoms with Crippen molar-refractivity contribution in [3.8, 4) is 0 Å². The number of rotatable bonds is 4. The van der Waals surface area contributed by atoms with Gasteiger partial charge in [0.05, 0.1) is 5.56 Å². The van der Waals surface area contributed by atoms with Crippen molar-refractivity contribution in [2.45, 2.75) is 12.8 Å². The smallest absolute Gasteiger partial charge is 0.166 e. The number of benzene rings is 1. The Morgan fingerprint density at radius 2 is 1.94 bits per heavy atom. The van der Waals surface area contributed by atoms with E-state index in [2.05, 4.69) is 4.98 Å². The van der Waals surface area contributed by atoms with Crippen LogP contribution in [-0.2, 0) is 6.42 Å². The molecular formula is C14H11ClFNO. The number of carbonyl (C=O) groups is 1. The maximum atomic E-state index is 13.5. The Morgan fingerprint density at radius 3 is 2.61 bits per heavy atom. The van der Waals surface area contributed by atoms with Gasteiger partial charge in [-0.25, -0.2) is 4.39 Å². The summed E-state index contributed by atoms with van der Waals surface area (Å²) in [6.45, 7) is 0. The van der Waals surface area contributed by atoms with Gasteiger partial charge in [0.25, 0.3) is 0 Å². The van der Waals surface area contributed by atoms with E-state index in [-0.39, 0.29) is 22.8 Å². The van der Waals surface area contributed by atoms with Crippen LogP contribution in [0, 0.1) is 5.82 Å². The molecule has 0 saturated heterocycles. The largest absolute Gasteiger partial charge is 0.294 e. The van der Waals surface area contributed by atoms with Crippen molar-refractivity contribution in [1.82, 2.24) is 4.98 Å². The van der Waals surface area contributed by atoms with E-state index in [0.29, 0.717) is 6.42 Å². The highest BCUT2D eigenvalue weighted by Gasteiger charge is 2.11. The van der Waals surface area contributed by atoms with Crippen molar-refractivity contribution < 1.29 is 9.18 Å². The fourth-order valence-electron chi connectivity index (χ4n) is 1.66. The number of aromatic nitrogens is 1. The van der Waals surface area contributed by atoms with Crippen molar-refractivity contribution in [2.24, 2.45) is 0 Å². The van der Waals surface area contributed by atoms with Crippen LogP contribution >= 0.6 is 11.6 Å². The third-order valence-corrected chi connectivity index (χ3v) is 2.86. The maximum absolute atomic E-state index is 13.5. The van der Waals surface area contributed by atoms with Gasteiger partial charge in [-0.2, -0.15) is 0 Å². The van der Waals surface area contributed by atoms with E-state index < -0.39 is 5.82 Å². The Hall–Kier alpha value is -1.74. The summed E-state index contributed by atoms with van der Waals surface area (Å²) in [5, 5.41) is 0.290. The zero-order valence-electron chi connectivity index (χ0n) is 9.57. The summed E-state index contributed by atoms with van der Waals surface area (Å²) in [5.41, 5.74) is 1.10. The van der Waals surface area contributed by atoms with E-state index in [1.54, 1.807) is 12.4 Å². The Bertz CT molecular complexity index is 557. The van der Waals surface area contributed by atoms with Crippen molar-refractivity contribution in [2.75, 3.05) is 0 Å². The average molecular weight is 264 g/mol. The first-order valence-electron chi connectivity index (χ1n) is 5.54. The minimum atomic E-state index is -0.567. The molecule has 0 radical (unpaired) electrons. The highest BCUT2D eigenvalue weighted by molar-refractivity contribution is 6.30. The zero-order valence-corrected chi connectivity index (χ0v) is 10.3. The fourth-order valence-corrected chi connectivity index (χ4v) is 1.82. The lowest BCUT2D eigenvalue weighted by atomic mass is 10.0. The van der Waals surface area contributed by atoms with Crippen molar-refractivity contribution >= 4 is 17.4 Å². The first kappa shape index (κ1) is 12.7. The molecule has 92 valence electrons. The van der Waals surface area contributed by atoms with Gasteiger partial charge >= 0.3 is 0 Å². The van der Waals surface area contributed by atoms with Gasteiger partial charge < -0.3 is 0 Å². The summed E-state index contributed by atoms with van der Waals surface area (Å²) < 4.78 is 13.5. The van der Waals surface area contributed by atoms with Crippen molar-refractivity contribution in [3.63, 3.8) is 0 Å². The van der Waals surface area contributed by atoms with E-state index in [9.17, 15) is 9.18 Å². The van der Waals surface area contributed by atoms with E-state index in [1.807, 2.05) is 12.1 Å². The molecule has 0 amide bonds. The summed E-state index contributed by atoms with van der Waals surface area (Å²) in [6, 6.07) is 7.77. The standard InChI is InChI=1S/C14H11ClFNO/c15-11-2-3-12(13(16)9-11)14(18)4-1-10-5-7-17-8-6-10/h2-3,5-9H,1,4H2. The Balaban J connectivity index is 2.04. The van der Waals surface area contributed by atoms with Crippen LogP contribution in [0.5, 0.6) is 0 Å². The molecule has 0 aliphatic rings. The highest BCUT2D eigenvalue weighted by atomic mass is 35.5. The predicted octanol–water partition coefficient (Wildman–Crippen LogP) is 3.69. The first-order valence-corrected chi connectivity index (χ1v) is 5.92. The molecule has 0 fully saturated rings. The molecule has 0 atom stereocenters. The van der Waals surface area contributed by atoms with Crippen molar-refractivity contribution in [3.05, 3.63) is 64.7 Å². The molecule has 2 rings (SSSR count). The van der Waals surface area contributed by atoms with Crippen LogP contribution in [0.25, 0.3) is 0 Å². The van der Waals surface area contributed by atoms with E-state index >= 15 is 0 Å². The van der Waals surface area contributed by atoms with Gasteiger partial charge in [0.1, 0.15) is 5.82 Å². The van der Waals surface area contributed by atoms with Crippen molar-refractivity contribution in [1.29, 1.82) is 0 Å². The van der Waals surface area contributed by atoms with E-state index in [4.69, 9.17) is 11.6 Å². The van der Waals surface area contributed by atoms with Crippen LogP contribution in [0.15, 0.2) is 42.7 Å². The quantitative estimate of drug-likeness (QED) is 0.788. The normalized spacial score (nSPS) is 10.3. The topological polar surface area (TPSA) is 30.0 Å². The number of pyridine rings is 1. The highest BCUT2D eigenvalue weighted by Crippen LogP contribution is 2.16. The predicted molar refractivity (Wildman–Crippen MR) is 68.3 cm³/mol. The van der Waals surface area contributed by atoms with Gasteiger partial charge in [0, 0.05) is 23.8 Å². The van der Waals surface area contributed by atoms with Gasteiger partial charge in [0.15, 0.2) is 5.78 Å². The first-order chi connectivity index (χ1) is 8.66. The lowest BCUT2D eigenvalue weighted by molar-refractivity contribution is 0.0979. The SMILES string of the molecule is O=C(CCc1ccncc1)c1ccc(Cl)cc1F. The molecule has 0 saturated carbocycles. The van der Waals surface area contributed by atoms with E-state index in [1.165, 1.54) is 12.1 Å². The molecule has 1 heterocycles. The third kappa shape index (κ3) is 3.14. The summed E-state index contributed by atoms with van der Waals surface area (Å²) in [4.78, 5) is 15.7. The van der Waals surface area contributed by atoms with E-state index in [0.717, 1.165) is 11.6 Å². The molecule has 4 heteroatoms. The van der Waals surface area contributed by atoms with Crippen LogP contribution in [0.2, 0.25) is 5.02 Å². The molecule has 1 aromatic heterocycles. The average Bonchev–Trinajstić information content (AvgIpc) is 2.37. The van der Waals surface area contributed by atoms with Gasteiger partial charge in [-0.3, -0.25) is 9.78 Å². The van der Waals surface area contributed by atoms with Gasteiger partial charge in [-0.1, -0.05) is 11.6 Å². The zero-order chi connectivity index (χ0) is 13.0. The summed E-state index contributed by atoms with van der Waals surface area (Å²) in [5.74, 6) is -0.789. The third-order valence-electron chi connectivity index (χ3n) is 2.62. The molecule has 0 aliphatic heterocycles. The van der Waals surface area contributed by atoms with Crippen LogP contribution in [0.4, 0.5) is 4.39 Å².